The van der Waals surface area contributed by atoms with E-state index < -0.39 is 11.8 Å². The second-order valence-electron chi connectivity index (χ2n) is 6.52. The number of hydrogen-bond donors (Lipinski definition) is 2. The van der Waals surface area contributed by atoms with Crippen LogP contribution in [0.2, 0.25) is 0 Å². The van der Waals surface area contributed by atoms with Crippen LogP contribution in [0.1, 0.15) is 21.5 Å². The van der Waals surface area contributed by atoms with Crippen LogP contribution in [-0.2, 0) is 11.4 Å². The van der Waals surface area contributed by atoms with Crippen molar-refractivity contribution in [2.45, 2.75) is 13.5 Å². The standard InChI is InChI=1S/C23H21BrN2O4/c1-16-7-12-21(20(24)13-16)30-15-22(27)25-26-23(28)18-8-10-19(11-9-18)29-14-17-5-3-2-4-6-17/h2-13H,14-15H2,1H3,(H,25,27)(H,26,28). The molecule has 3 aromatic rings. The molecule has 0 unspecified atom stereocenters. The maximum Gasteiger partial charge on any atom is 0.276 e. The van der Waals surface area contributed by atoms with E-state index in [2.05, 4.69) is 26.8 Å². The number of nitrogens with one attached hydrogen (secondary N) is 2. The molecule has 2 amide bonds. The summed E-state index contributed by atoms with van der Waals surface area (Å²) in [5.74, 6) is 0.290. The third-order valence-electron chi connectivity index (χ3n) is 4.13. The van der Waals surface area contributed by atoms with Crippen LogP contribution in [-0.4, -0.2) is 18.4 Å². The molecule has 2 N–H and O–H groups in total. The summed E-state index contributed by atoms with van der Waals surface area (Å²) < 4.78 is 11.9. The van der Waals surface area contributed by atoms with E-state index in [1.165, 1.54) is 0 Å². The fourth-order valence-corrected chi connectivity index (χ4v) is 3.15. The van der Waals surface area contributed by atoms with Crippen molar-refractivity contribution in [3.63, 3.8) is 0 Å². The minimum atomic E-state index is -0.473. The average molecular weight is 469 g/mol. The molecule has 6 nitrogen and oxygen atoms in total. The van der Waals surface area contributed by atoms with Crippen LogP contribution in [0.3, 0.4) is 0 Å². The highest BCUT2D eigenvalue weighted by molar-refractivity contribution is 9.10. The molecule has 0 spiro atoms. The monoisotopic (exact) mass is 468 g/mol. The summed E-state index contributed by atoms with van der Waals surface area (Å²) in [5.41, 5.74) is 7.22. The van der Waals surface area contributed by atoms with Gasteiger partial charge in [0.2, 0.25) is 0 Å². The van der Waals surface area contributed by atoms with Crippen molar-refractivity contribution in [2.24, 2.45) is 0 Å². The molecule has 0 aliphatic carbocycles. The van der Waals surface area contributed by atoms with Crippen molar-refractivity contribution >= 4 is 27.7 Å². The zero-order valence-corrected chi connectivity index (χ0v) is 17.9. The van der Waals surface area contributed by atoms with Gasteiger partial charge in [-0.3, -0.25) is 20.4 Å². The van der Waals surface area contributed by atoms with Gasteiger partial charge in [0.05, 0.1) is 4.47 Å². The van der Waals surface area contributed by atoms with Crippen molar-refractivity contribution < 1.29 is 19.1 Å². The van der Waals surface area contributed by atoms with Crippen molar-refractivity contribution in [3.05, 3.63) is 94.0 Å². The Morgan fingerprint density at radius 3 is 2.33 bits per heavy atom. The summed E-state index contributed by atoms with van der Waals surface area (Å²) in [5, 5.41) is 0. The lowest BCUT2D eigenvalue weighted by Crippen LogP contribution is -2.43. The van der Waals surface area contributed by atoms with Gasteiger partial charge >= 0.3 is 0 Å². The Kier molecular flexibility index (Phi) is 7.45. The number of hydrazine groups is 1. The smallest absolute Gasteiger partial charge is 0.276 e. The van der Waals surface area contributed by atoms with Crippen molar-refractivity contribution in [3.8, 4) is 11.5 Å². The first-order valence-electron chi connectivity index (χ1n) is 9.26. The molecule has 0 heterocycles. The molecule has 0 radical (unpaired) electrons. The van der Waals surface area contributed by atoms with Gasteiger partial charge < -0.3 is 9.47 Å². The van der Waals surface area contributed by atoms with Crippen molar-refractivity contribution in [1.29, 1.82) is 0 Å². The lowest BCUT2D eigenvalue weighted by atomic mass is 10.2. The quantitative estimate of drug-likeness (QED) is 0.510. The van der Waals surface area contributed by atoms with E-state index >= 15 is 0 Å². The molecule has 0 aromatic heterocycles. The Morgan fingerprint density at radius 2 is 1.63 bits per heavy atom. The largest absolute Gasteiger partial charge is 0.489 e. The minimum Gasteiger partial charge on any atom is -0.489 e. The summed E-state index contributed by atoms with van der Waals surface area (Å²) in [6, 6.07) is 22.0. The molecule has 0 saturated carbocycles. The summed E-state index contributed by atoms with van der Waals surface area (Å²) in [4.78, 5) is 24.1. The molecule has 154 valence electrons. The molecule has 0 bridgehead atoms. The first-order valence-corrected chi connectivity index (χ1v) is 10.1. The Labute approximate surface area is 183 Å². The number of hydrogen-bond acceptors (Lipinski definition) is 4. The number of amides is 2. The van der Waals surface area contributed by atoms with Crippen LogP contribution >= 0.6 is 15.9 Å². The van der Waals surface area contributed by atoms with Gasteiger partial charge in [-0.1, -0.05) is 36.4 Å². The van der Waals surface area contributed by atoms with E-state index in [0.29, 0.717) is 23.7 Å². The lowest BCUT2D eigenvalue weighted by molar-refractivity contribution is -0.123. The topological polar surface area (TPSA) is 76.7 Å². The van der Waals surface area contributed by atoms with Gasteiger partial charge in [-0.05, 0) is 70.4 Å². The molecule has 0 fully saturated rings. The maximum absolute atomic E-state index is 12.2. The zero-order valence-electron chi connectivity index (χ0n) is 16.4. The van der Waals surface area contributed by atoms with Crippen LogP contribution in [0.25, 0.3) is 0 Å². The normalized spacial score (nSPS) is 10.2. The van der Waals surface area contributed by atoms with Crippen LogP contribution in [0.4, 0.5) is 0 Å². The second kappa shape index (κ2) is 10.5. The van der Waals surface area contributed by atoms with E-state index in [-0.39, 0.29) is 6.61 Å². The van der Waals surface area contributed by atoms with Gasteiger partial charge in [-0.25, -0.2) is 0 Å². The molecule has 7 heteroatoms. The van der Waals surface area contributed by atoms with Gasteiger partial charge in [0, 0.05) is 5.56 Å². The fourth-order valence-electron chi connectivity index (χ4n) is 2.54. The van der Waals surface area contributed by atoms with Crippen LogP contribution in [0.15, 0.2) is 77.3 Å². The highest BCUT2D eigenvalue weighted by atomic mass is 79.9. The minimum absolute atomic E-state index is 0.228. The number of carbonyl (C=O) groups excluding carboxylic acids is 2. The van der Waals surface area contributed by atoms with Crippen LogP contribution < -0.4 is 20.3 Å². The number of benzene rings is 3. The van der Waals surface area contributed by atoms with Crippen molar-refractivity contribution in [2.75, 3.05) is 6.61 Å². The third-order valence-corrected chi connectivity index (χ3v) is 4.75. The summed E-state index contributed by atoms with van der Waals surface area (Å²) in [6.07, 6.45) is 0. The number of rotatable bonds is 7. The van der Waals surface area contributed by atoms with E-state index in [9.17, 15) is 9.59 Å². The summed E-state index contributed by atoms with van der Waals surface area (Å²) in [7, 11) is 0. The number of aryl methyl sites for hydroxylation is 1. The Balaban J connectivity index is 1.43. The predicted octanol–water partition coefficient (Wildman–Crippen LogP) is 4.18. The Morgan fingerprint density at radius 1 is 0.900 bits per heavy atom. The molecule has 0 atom stereocenters. The molecule has 30 heavy (non-hydrogen) atoms. The van der Waals surface area contributed by atoms with Crippen molar-refractivity contribution in [1.82, 2.24) is 10.9 Å². The zero-order chi connectivity index (χ0) is 21.3. The maximum atomic E-state index is 12.2. The summed E-state index contributed by atoms with van der Waals surface area (Å²) in [6.45, 7) is 2.17. The molecule has 0 saturated heterocycles. The van der Waals surface area contributed by atoms with Gasteiger partial charge in [0.25, 0.3) is 11.8 Å². The molecule has 0 aliphatic rings. The average Bonchev–Trinajstić information content (AvgIpc) is 2.76. The van der Waals surface area contributed by atoms with E-state index in [0.717, 1.165) is 15.6 Å². The molecular weight excluding hydrogens is 448 g/mol. The molecule has 3 aromatic carbocycles. The van der Waals surface area contributed by atoms with Crippen LogP contribution in [0.5, 0.6) is 11.5 Å². The van der Waals surface area contributed by atoms with Gasteiger partial charge in [-0.15, -0.1) is 0 Å². The summed E-state index contributed by atoms with van der Waals surface area (Å²) >= 11 is 3.38. The third kappa shape index (κ3) is 6.35. The molecule has 3 rings (SSSR count). The highest BCUT2D eigenvalue weighted by Gasteiger charge is 2.09. The second-order valence-corrected chi connectivity index (χ2v) is 7.38. The highest BCUT2D eigenvalue weighted by Crippen LogP contribution is 2.25. The number of ether oxygens (including phenoxy) is 2. The molecule has 0 aliphatic heterocycles. The van der Waals surface area contributed by atoms with Gasteiger partial charge in [0.15, 0.2) is 6.61 Å². The Bertz CT molecular complexity index is 1010. The first kappa shape index (κ1) is 21.4. The van der Waals surface area contributed by atoms with Gasteiger partial charge in [-0.2, -0.15) is 0 Å². The Hall–Kier alpha value is -3.32. The number of carbonyl (C=O) groups is 2. The van der Waals surface area contributed by atoms with E-state index in [4.69, 9.17) is 9.47 Å². The SMILES string of the molecule is Cc1ccc(OCC(=O)NNC(=O)c2ccc(OCc3ccccc3)cc2)c(Br)c1. The van der Waals surface area contributed by atoms with Crippen LogP contribution in [0, 0.1) is 6.92 Å². The fraction of sp³-hybridized carbons (Fsp3) is 0.130. The number of halogens is 1. The molecular formula is C23H21BrN2O4. The van der Waals surface area contributed by atoms with E-state index in [1.54, 1.807) is 30.3 Å². The first-order chi connectivity index (χ1) is 14.5. The van der Waals surface area contributed by atoms with Gasteiger partial charge in [0.1, 0.15) is 18.1 Å². The lowest BCUT2D eigenvalue weighted by Gasteiger charge is -2.11. The predicted molar refractivity (Wildman–Crippen MR) is 117 cm³/mol. The van der Waals surface area contributed by atoms with E-state index in [1.807, 2.05) is 49.4 Å².